The number of ether oxygens (including phenoxy) is 1. The number of H-pyrrole nitrogens is 1. The van der Waals surface area contributed by atoms with E-state index in [9.17, 15) is 14.9 Å². The van der Waals surface area contributed by atoms with Crippen LogP contribution in [0.3, 0.4) is 0 Å². The number of hydrogen-bond donors (Lipinski definition) is 1. The topological polar surface area (TPSA) is 98.1 Å². The summed E-state index contributed by atoms with van der Waals surface area (Å²) >= 11 is 5.52. The van der Waals surface area contributed by atoms with Gasteiger partial charge in [0.25, 0.3) is 5.88 Å². The van der Waals surface area contributed by atoms with E-state index < -0.39 is 10.4 Å². The molecule has 2 aromatic rings. The lowest BCUT2D eigenvalue weighted by molar-refractivity contribution is -0.385. The first kappa shape index (κ1) is 12.1. The molecule has 92 valence electrons. The van der Waals surface area contributed by atoms with Crippen LogP contribution >= 0.6 is 11.6 Å². The van der Waals surface area contributed by atoms with Crippen LogP contribution in [0, 0.1) is 10.1 Å². The zero-order valence-electron chi connectivity index (χ0n) is 8.79. The van der Waals surface area contributed by atoms with E-state index in [1.165, 1.54) is 18.2 Å². The van der Waals surface area contributed by atoms with Crippen molar-refractivity contribution in [1.29, 1.82) is 0 Å². The Balaban J connectivity index is 2.40. The van der Waals surface area contributed by atoms with E-state index in [4.69, 9.17) is 16.3 Å². The zero-order chi connectivity index (χ0) is 13.1. The summed E-state index contributed by atoms with van der Waals surface area (Å²) < 4.78 is 5.10. The highest BCUT2D eigenvalue weighted by Gasteiger charge is 2.16. The van der Waals surface area contributed by atoms with E-state index in [2.05, 4.69) is 10.2 Å². The molecule has 1 heterocycles. The van der Waals surface area contributed by atoms with Gasteiger partial charge in [-0.2, -0.15) is 0 Å². The van der Waals surface area contributed by atoms with Crippen LogP contribution in [0.15, 0.2) is 35.1 Å². The molecule has 0 fully saturated rings. The molecule has 8 heteroatoms. The van der Waals surface area contributed by atoms with Gasteiger partial charge in [0.2, 0.25) is 11.2 Å². The van der Waals surface area contributed by atoms with E-state index >= 15 is 0 Å². The Morgan fingerprint density at radius 2 is 2.11 bits per heavy atom. The van der Waals surface area contributed by atoms with E-state index in [1.807, 2.05) is 0 Å². The number of nitrogens with zero attached hydrogens (tertiary/aromatic N) is 2. The van der Waals surface area contributed by atoms with Crippen LogP contribution in [0.5, 0.6) is 11.6 Å². The van der Waals surface area contributed by atoms with E-state index in [0.717, 1.165) is 6.07 Å². The molecule has 0 amide bonds. The van der Waals surface area contributed by atoms with E-state index in [1.54, 1.807) is 6.07 Å². The molecular formula is C10H6ClN3O4. The van der Waals surface area contributed by atoms with Gasteiger partial charge in [0.1, 0.15) is 5.15 Å². The average Bonchev–Trinajstić information content (AvgIpc) is 2.33. The van der Waals surface area contributed by atoms with Crippen LogP contribution in [-0.2, 0) is 0 Å². The molecule has 0 radical (unpaired) electrons. The second kappa shape index (κ2) is 4.84. The van der Waals surface area contributed by atoms with Crippen molar-refractivity contribution in [2.45, 2.75) is 0 Å². The Hall–Kier alpha value is -2.41. The van der Waals surface area contributed by atoms with E-state index in [-0.39, 0.29) is 22.5 Å². The van der Waals surface area contributed by atoms with Crippen molar-refractivity contribution in [2.75, 3.05) is 0 Å². The molecule has 0 saturated carbocycles. The summed E-state index contributed by atoms with van der Waals surface area (Å²) in [6.45, 7) is 0. The fourth-order valence-corrected chi connectivity index (χ4v) is 1.38. The molecule has 0 aliphatic heterocycles. The molecule has 1 N–H and O–H groups in total. The summed E-state index contributed by atoms with van der Waals surface area (Å²) in [5, 5.41) is 16.7. The monoisotopic (exact) mass is 267 g/mol. The fraction of sp³-hybridized carbons (Fsp3) is 0. The smallest absolute Gasteiger partial charge is 0.311 e. The zero-order valence-corrected chi connectivity index (χ0v) is 9.55. The summed E-state index contributed by atoms with van der Waals surface area (Å²) in [6, 6.07) is 6.74. The van der Waals surface area contributed by atoms with Crippen LogP contribution in [-0.4, -0.2) is 15.1 Å². The average molecular weight is 268 g/mol. The van der Waals surface area contributed by atoms with Gasteiger partial charge in [0.05, 0.1) is 4.92 Å². The number of nitro benzene ring substituents is 1. The number of aromatic amines is 1. The third kappa shape index (κ3) is 2.46. The molecular weight excluding hydrogens is 262 g/mol. The van der Waals surface area contributed by atoms with E-state index in [0.29, 0.717) is 0 Å². The molecule has 1 aromatic heterocycles. The third-order valence-electron chi connectivity index (χ3n) is 2.00. The molecule has 0 saturated heterocycles. The lowest BCUT2D eigenvalue weighted by Gasteiger charge is -2.03. The Morgan fingerprint density at radius 1 is 1.39 bits per heavy atom. The number of hydrogen-bond acceptors (Lipinski definition) is 5. The SMILES string of the molecule is O=c1cc(Cl)[nH]nc1Oc1ccccc1[N+](=O)[O-]. The highest BCUT2D eigenvalue weighted by atomic mass is 35.5. The highest BCUT2D eigenvalue weighted by molar-refractivity contribution is 6.29. The Kier molecular flexibility index (Phi) is 3.24. The molecule has 7 nitrogen and oxygen atoms in total. The number of nitrogens with one attached hydrogen (secondary N) is 1. The van der Waals surface area contributed by atoms with Gasteiger partial charge >= 0.3 is 5.69 Å². The van der Waals surface area contributed by atoms with Gasteiger partial charge in [-0.05, 0) is 6.07 Å². The lowest BCUT2D eigenvalue weighted by atomic mass is 10.3. The van der Waals surface area contributed by atoms with Gasteiger partial charge in [0, 0.05) is 12.1 Å². The molecule has 0 aliphatic rings. The number of halogens is 1. The normalized spacial score (nSPS) is 10.1. The predicted octanol–water partition coefficient (Wildman–Crippen LogP) is 2.12. The first-order valence-corrected chi connectivity index (χ1v) is 5.12. The fourth-order valence-electron chi connectivity index (χ4n) is 1.24. The molecule has 1 aromatic carbocycles. The van der Waals surface area contributed by atoms with Crippen molar-refractivity contribution in [1.82, 2.24) is 10.2 Å². The highest BCUT2D eigenvalue weighted by Crippen LogP contribution is 2.28. The van der Waals surface area contributed by atoms with Crippen LogP contribution in [0.25, 0.3) is 0 Å². The first-order chi connectivity index (χ1) is 8.58. The Labute approximate surface area is 105 Å². The van der Waals surface area contributed by atoms with Crippen molar-refractivity contribution in [3.63, 3.8) is 0 Å². The summed E-state index contributed by atoms with van der Waals surface area (Å²) in [5.41, 5.74) is -0.828. The number of nitro groups is 1. The molecule has 0 bridgehead atoms. The van der Waals surface area contributed by atoms with Gasteiger partial charge in [-0.3, -0.25) is 20.0 Å². The maximum absolute atomic E-state index is 11.5. The standard InChI is InChI=1S/C10H6ClN3O4/c11-9-5-7(15)10(13-12-9)18-8-4-2-1-3-6(8)14(16)17/h1-5H,(H,12,15). The summed E-state index contributed by atoms with van der Waals surface area (Å²) in [7, 11) is 0. The third-order valence-corrected chi connectivity index (χ3v) is 2.20. The van der Waals surface area contributed by atoms with Gasteiger partial charge in [0.15, 0.2) is 0 Å². The van der Waals surface area contributed by atoms with Crippen molar-refractivity contribution in [3.05, 3.63) is 55.8 Å². The largest absolute Gasteiger partial charge is 0.427 e. The minimum Gasteiger partial charge on any atom is -0.427 e. The molecule has 0 unspecified atom stereocenters. The van der Waals surface area contributed by atoms with Gasteiger partial charge in [-0.15, -0.1) is 5.10 Å². The second-order valence-corrected chi connectivity index (χ2v) is 3.62. The minimum absolute atomic E-state index is 0.0508. The molecule has 0 aliphatic carbocycles. The molecule has 18 heavy (non-hydrogen) atoms. The quantitative estimate of drug-likeness (QED) is 0.678. The van der Waals surface area contributed by atoms with Gasteiger partial charge in [-0.25, -0.2) is 0 Å². The Bertz CT molecular complexity index is 656. The maximum Gasteiger partial charge on any atom is 0.311 e. The summed E-state index contributed by atoms with van der Waals surface area (Å²) in [5.74, 6) is -0.378. The molecule has 0 atom stereocenters. The van der Waals surface area contributed by atoms with Crippen LogP contribution in [0.1, 0.15) is 0 Å². The van der Waals surface area contributed by atoms with Crippen molar-refractivity contribution < 1.29 is 9.66 Å². The number of rotatable bonds is 3. The molecule has 0 spiro atoms. The van der Waals surface area contributed by atoms with Gasteiger partial charge < -0.3 is 4.74 Å². The molecule has 2 rings (SSSR count). The number of para-hydroxylation sites is 2. The lowest BCUT2D eigenvalue weighted by Crippen LogP contribution is -2.08. The Morgan fingerprint density at radius 3 is 2.78 bits per heavy atom. The van der Waals surface area contributed by atoms with Crippen LogP contribution < -0.4 is 10.2 Å². The maximum atomic E-state index is 11.5. The van der Waals surface area contributed by atoms with Crippen molar-refractivity contribution in [3.8, 4) is 11.6 Å². The second-order valence-electron chi connectivity index (χ2n) is 3.21. The minimum atomic E-state index is -0.612. The van der Waals surface area contributed by atoms with Gasteiger partial charge in [-0.1, -0.05) is 23.7 Å². The number of benzene rings is 1. The van der Waals surface area contributed by atoms with Crippen LogP contribution in [0.4, 0.5) is 5.69 Å². The predicted molar refractivity (Wildman–Crippen MR) is 63.0 cm³/mol. The van der Waals surface area contributed by atoms with Crippen molar-refractivity contribution in [2.24, 2.45) is 0 Å². The van der Waals surface area contributed by atoms with Crippen molar-refractivity contribution >= 4 is 17.3 Å². The first-order valence-electron chi connectivity index (χ1n) is 4.74. The summed E-state index contributed by atoms with van der Waals surface area (Å²) in [4.78, 5) is 21.6. The summed E-state index contributed by atoms with van der Waals surface area (Å²) in [6.07, 6.45) is 0. The number of aromatic nitrogens is 2. The van der Waals surface area contributed by atoms with Crippen LogP contribution in [0.2, 0.25) is 5.15 Å².